The van der Waals surface area contributed by atoms with Crippen molar-refractivity contribution in [2.24, 2.45) is 0 Å². The van der Waals surface area contributed by atoms with E-state index in [2.05, 4.69) is 10.6 Å². The second kappa shape index (κ2) is 8.89. The molecule has 2 aromatic rings. The zero-order chi connectivity index (χ0) is 18.3. The van der Waals surface area contributed by atoms with Gasteiger partial charge in [-0.15, -0.1) is 11.8 Å². The number of rotatable bonds is 7. The van der Waals surface area contributed by atoms with Crippen LogP contribution in [0.1, 0.15) is 0 Å². The number of nitrogens with one attached hydrogen (secondary N) is 2. The van der Waals surface area contributed by atoms with Crippen LogP contribution < -0.4 is 10.6 Å². The fourth-order valence-electron chi connectivity index (χ4n) is 1.97. The average molecular weight is 380 g/mol. The number of nitrogens with zero attached hydrogens (tertiary/aromatic N) is 1. The van der Waals surface area contributed by atoms with E-state index < -0.39 is 10.0 Å². The molecule has 0 atom stereocenters. The third-order valence-electron chi connectivity index (χ3n) is 3.27. The molecule has 0 saturated heterocycles. The predicted octanol–water partition coefficient (Wildman–Crippen LogP) is 2.85. The molecular weight excluding hydrogens is 358 g/mol. The molecule has 0 aliphatic carbocycles. The lowest BCUT2D eigenvalue weighted by atomic mass is 10.3. The second-order valence-electron chi connectivity index (χ2n) is 5.36. The summed E-state index contributed by atoms with van der Waals surface area (Å²) in [5.74, 6) is 0.743. The van der Waals surface area contributed by atoms with E-state index in [0.29, 0.717) is 12.2 Å². The third-order valence-corrected chi connectivity index (χ3v) is 6.09. The van der Waals surface area contributed by atoms with Crippen LogP contribution in [0.2, 0.25) is 0 Å². The van der Waals surface area contributed by atoms with Crippen molar-refractivity contribution in [3.63, 3.8) is 0 Å². The van der Waals surface area contributed by atoms with Crippen molar-refractivity contribution < 1.29 is 13.2 Å². The smallest absolute Gasteiger partial charge is 0.319 e. The number of hydrogen-bond donors (Lipinski definition) is 2. The standard InChI is InChI=1S/C17H21N3O3S2/c1-20(2)25(22,23)16-10-6-7-14(13-16)19-17(21)18-11-12-24-15-8-4-3-5-9-15/h3-10,13H,11-12H2,1-2H3,(H2,18,19,21). The Morgan fingerprint density at radius 1 is 1.08 bits per heavy atom. The van der Waals surface area contributed by atoms with E-state index in [1.54, 1.807) is 23.9 Å². The summed E-state index contributed by atoms with van der Waals surface area (Å²) in [4.78, 5) is 13.2. The lowest BCUT2D eigenvalue weighted by Gasteiger charge is -2.13. The number of benzene rings is 2. The van der Waals surface area contributed by atoms with Crippen molar-refractivity contribution in [1.29, 1.82) is 0 Å². The van der Waals surface area contributed by atoms with Gasteiger partial charge in [-0.3, -0.25) is 0 Å². The van der Waals surface area contributed by atoms with E-state index in [9.17, 15) is 13.2 Å². The average Bonchev–Trinajstić information content (AvgIpc) is 2.60. The van der Waals surface area contributed by atoms with Crippen molar-refractivity contribution in [3.8, 4) is 0 Å². The van der Waals surface area contributed by atoms with Gasteiger partial charge in [0.15, 0.2) is 0 Å². The van der Waals surface area contributed by atoms with E-state index in [-0.39, 0.29) is 10.9 Å². The summed E-state index contributed by atoms with van der Waals surface area (Å²) < 4.78 is 25.4. The molecular formula is C17H21N3O3S2. The second-order valence-corrected chi connectivity index (χ2v) is 8.68. The first-order chi connectivity index (χ1) is 11.9. The minimum atomic E-state index is -3.53. The van der Waals surface area contributed by atoms with Gasteiger partial charge in [0.1, 0.15) is 0 Å². The van der Waals surface area contributed by atoms with Crippen LogP contribution in [0.5, 0.6) is 0 Å². The Hall–Kier alpha value is -2.03. The number of thioether (sulfide) groups is 1. The fraction of sp³-hybridized carbons (Fsp3) is 0.235. The number of hydrogen-bond acceptors (Lipinski definition) is 4. The molecule has 0 spiro atoms. The highest BCUT2D eigenvalue weighted by Gasteiger charge is 2.17. The Kier molecular flexibility index (Phi) is 6.86. The number of urea groups is 1. The molecule has 0 saturated carbocycles. The topological polar surface area (TPSA) is 78.5 Å². The van der Waals surface area contributed by atoms with Crippen LogP contribution in [-0.4, -0.2) is 45.1 Å². The van der Waals surface area contributed by atoms with Crippen molar-refractivity contribution in [3.05, 3.63) is 54.6 Å². The Morgan fingerprint density at radius 3 is 2.48 bits per heavy atom. The molecule has 0 aliphatic rings. The molecule has 0 aliphatic heterocycles. The minimum absolute atomic E-state index is 0.134. The van der Waals surface area contributed by atoms with E-state index in [0.717, 1.165) is 15.0 Å². The maximum atomic E-state index is 12.1. The lowest BCUT2D eigenvalue weighted by Crippen LogP contribution is -2.30. The van der Waals surface area contributed by atoms with Gasteiger partial charge in [0, 0.05) is 37.0 Å². The van der Waals surface area contributed by atoms with Crippen molar-refractivity contribution in [2.75, 3.05) is 31.7 Å². The molecule has 0 radical (unpaired) electrons. The zero-order valence-electron chi connectivity index (χ0n) is 14.1. The lowest BCUT2D eigenvalue weighted by molar-refractivity contribution is 0.252. The van der Waals surface area contributed by atoms with Gasteiger partial charge in [0.2, 0.25) is 10.0 Å². The Labute approximate surface area is 152 Å². The molecule has 0 bridgehead atoms. The molecule has 0 fully saturated rings. The summed E-state index contributed by atoms with van der Waals surface area (Å²) >= 11 is 1.65. The maximum absolute atomic E-state index is 12.1. The van der Waals surface area contributed by atoms with Crippen molar-refractivity contribution in [1.82, 2.24) is 9.62 Å². The quantitative estimate of drug-likeness (QED) is 0.573. The summed E-state index contributed by atoms with van der Waals surface area (Å²) in [5, 5.41) is 5.40. The van der Waals surface area contributed by atoms with Crippen molar-refractivity contribution >= 4 is 33.5 Å². The summed E-state index contributed by atoms with van der Waals surface area (Å²) in [6, 6.07) is 15.7. The summed E-state index contributed by atoms with van der Waals surface area (Å²) in [7, 11) is -0.599. The monoisotopic (exact) mass is 379 g/mol. The largest absolute Gasteiger partial charge is 0.337 e. The molecule has 0 aromatic heterocycles. The van der Waals surface area contributed by atoms with Gasteiger partial charge >= 0.3 is 6.03 Å². The van der Waals surface area contributed by atoms with Crippen LogP contribution in [0.25, 0.3) is 0 Å². The van der Waals surface area contributed by atoms with E-state index in [4.69, 9.17) is 0 Å². The van der Waals surface area contributed by atoms with Crippen LogP contribution in [0.4, 0.5) is 10.5 Å². The Bertz CT molecular complexity index is 809. The number of carbonyl (C=O) groups is 1. The van der Waals surface area contributed by atoms with Gasteiger partial charge < -0.3 is 10.6 Å². The Balaban J connectivity index is 1.84. The minimum Gasteiger partial charge on any atom is -0.337 e. The zero-order valence-corrected chi connectivity index (χ0v) is 15.7. The molecule has 134 valence electrons. The highest BCUT2D eigenvalue weighted by atomic mass is 32.2. The first-order valence-corrected chi connectivity index (χ1v) is 10.1. The van der Waals surface area contributed by atoms with Gasteiger partial charge in [-0.25, -0.2) is 17.5 Å². The predicted molar refractivity (Wildman–Crippen MR) is 102 cm³/mol. The van der Waals surface area contributed by atoms with Gasteiger partial charge in [0.25, 0.3) is 0 Å². The van der Waals surface area contributed by atoms with Gasteiger partial charge in [-0.1, -0.05) is 24.3 Å². The molecule has 25 heavy (non-hydrogen) atoms. The molecule has 2 aromatic carbocycles. The first-order valence-electron chi connectivity index (χ1n) is 7.65. The summed E-state index contributed by atoms with van der Waals surface area (Å²) in [6.45, 7) is 0.501. The molecule has 8 heteroatoms. The number of sulfonamides is 1. The van der Waals surface area contributed by atoms with Crippen LogP contribution in [0.3, 0.4) is 0 Å². The first kappa shape index (κ1) is 19.3. The third kappa shape index (κ3) is 5.77. The van der Waals surface area contributed by atoms with E-state index in [1.807, 2.05) is 30.3 Å². The fourth-order valence-corrected chi connectivity index (χ4v) is 3.71. The molecule has 6 nitrogen and oxygen atoms in total. The number of carbonyl (C=O) groups excluding carboxylic acids is 1. The highest BCUT2D eigenvalue weighted by Crippen LogP contribution is 2.18. The Morgan fingerprint density at radius 2 is 1.80 bits per heavy atom. The SMILES string of the molecule is CN(C)S(=O)(=O)c1cccc(NC(=O)NCCSc2ccccc2)c1. The summed E-state index contributed by atoms with van der Waals surface area (Å²) in [5.41, 5.74) is 0.427. The molecule has 2 rings (SSSR count). The van der Waals surface area contributed by atoms with Crippen molar-refractivity contribution in [2.45, 2.75) is 9.79 Å². The van der Waals surface area contributed by atoms with E-state index in [1.165, 1.54) is 26.2 Å². The van der Waals surface area contributed by atoms with Gasteiger partial charge in [-0.2, -0.15) is 0 Å². The summed E-state index contributed by atoms with van der Waals surface area (Å²) in [6.07, 6.45) is 0. The maximum Gasteiger partial charge on any atom is 0.319 e. The van der Waals surface area contributed by atoms with Gasteiger partial charge in [-0.05, 0) is 30.3 Å². The number of anilines is 1. The van der Waals surface area contributed by atoms with Gasteiger partial charge in [0.05, 0.1) is 4.90 Å². The molecule has 2 N–H and O–H groups in total. The highest BCUT2D eigenvalue weighted by molar-refractivity contribution is 7.99. The van der Waals surface area contributed by atoms with Crippen LogP contribution >= 0.6 is 11.8 Å². The molecule has 0 unspecified atom stereocenters. The van der Waals surface area contributed by atoms with Crippen LogP contribution in [-0.2, 0) is 10.0 Å². The number of amides is 2. The van der Waals surface area contributed by atoms with Crippen LogP contribution in [0, 0.1) is 0 Å². The van der Waals surface area contributed by atoms with Crippen LogP contribution in [0.15, 0.2) is 64.4 Å². The normalized spacial score (nSPS) is 11.3. The van der Waals surface area contributed by atoms with E-state index >= 15 is 0 Å². The molecule has 2 amide bonds. The molecule has 0 heterocycles.